The average molecular weight is 597 g/mol. The van der Waals surface area contributed by atoms with Crippen molar-refractivity contribution in [3.05, 3.63) is 0 Å². The highest BCUT2D eigenvalue weighted by Crippen LogP contribution is 2.14. The van der Waals surface area contributed by atoms with Crippen molar-refractivity contribution in [2.45, 2.75) is 110 Å². The minimum absolute atomic E-state index is 0.0834. The number of likely N-dealkylation sites (N-methyl/N-ethyl adjacent to an activating group) is 1. The molecule has 6 N–H and O–H groups in total. The van der Waals surface area contributed by atoms with Gasteiger partial charge in [-0.3, -0.25) is 28.8 Å². The fraction of sp³-hybridized carbons (Fsp3) is 0.800. The third kappa shape index (κ3) is 17.7. The molecule has 0 fully saturated rings. The van der Waals surface area contributed by atoms with Crippen LogP contribution in [0, 0.1) is 5.92 Å². The third-order valence-electron chi connectivity index (χ3n) is 7.56. The van der Waals surface area contributed by atoms with Crippen LogP contribution in [0.25, 0.3) is 0 Å². The van der Waals surface area contributed by atoms with Crippen LogP contribution in [0.5, 0.6) is 0 Å². The Kier molecular flexibility index (Phi) is 21.8. The number of ketones is 1. The van der Waals surface area contributed by atoms with E-state index in [0.717, 1.165) is 38.5 Å². The van der Waals surface area contributed by atoms with Crippen molar-refractivity contribution in [3.63, 3.8) is 0 Å². The first kappa shape index (κ1) is 39.0. The maximum atomic E-state index is 12.5. The number of amides is 5. The van der Waals surface area contributed by atoms with E-state index in [1.165, 1.54) is 0 Å². The molecule has 0 saturated carbocycles. The second-order valence-corrected chi connectivity index (χ2v) is 10.7. The fourth-order valence-electron chi connectivity index (χ4n) is 4.69. The van der Waals surface area contributed by atoms with Crippen LogP contribution in [0.3, 0.4) is 0 Å². The lowest BCUT2D eigenvalue weighted by Gasteiger charge is -2.27. The number of carbonyl (C=O) groups is 6. The molecule has 0 unspecified atom stereocenters. The van der Waals surface area contributed by atoms with E-state index in [-0.39, 0.29) is 73.7 Å². The number of rotatable bonds is 26. The molecule has 0 bridgehead atoms. The number of primary amides is 2. The monoisotopic (exact) mass is 596 g/mol. The van der Waals surface area contributed by atoms with E-state index in [1.807, 2.05) is 6.92 Å². The lowest BCUT2D eigenvalue weighted by Crippen LogP contribution is -2.42. The molecule has 0 aliphatic carbocycles. The standard InChI is InChI=1S/C30H56N6O6/c1-5-23(29(31)41)13-9-8-10-14-24(37)16-19-35(27(39)6-2)21-22-36(28(40)7-3)20-17-26(38)34-18-12-11-15-25(33-4)30(32)42/h23,25,33H,5-22H2,1-4H3,(H2,31,41)(H2,32,42)(H,34,38)/t23-,25-/m0/s1. The Bertz CT molecular complexity index is 784. The second-order valence-electron chi connectivity index (χ2n) is 10.7. The average Bonchev–Trinajstić information content (AvgIpc) is 2.96. The highest BCUT2D eigenvalue weighted by molar-refractivity contribution is 5.81. The molecule has 0 radical (unpaired) electrons. The van der Waals surface area contributed by atoms with E-state index >= 15 is 0 Å². The number of unbranched alkanes of at least 4 members (excludes halogenated alkanes) is 3. The SMILES string of the molecule is CCC(=O)N(CCC(=O)CCCCC[C@H](CC)C(N)=O)CCN(CCC(=O)NCCCC[C@H](NC)C(N)=O)C(=O)CC. The molecule has 0 aliphatic heterocycles. The molecule has 2 atom stereocenters. The van der Waals surface area contributed by atoms with Crippen molar-refractivity contribution in [1.82, 2.24) is 20.4 Å². The first-order chi connectivity index (χ1) is 20.0. The molecular formula is C30H56N6O6. The highest BCUT2D eigenvalue weighted by Gasteiger charge is 2.19. The summed E-state index contributed by atoms with van der Waals surface area (Å²) in [6.45, 7) is 7.05. The van der Waals surface area contributed by atoms with E-state index in [9.17, 15) is 28.8 Å². The summed E-state index contributed by atoms with van der Waals surface area (Å²) in [5, 5.41) is 5.70. The van der Waals surface area contributed by atoms with Gasteiger partial charge < -0.3 is 31.9 Å². The molecular weight excluding hydrogens is 540 g/mol. The van der Waals surface area contributed by atoms with Crippen LogP contribution in [-0.4, -0.2) is 90.9 Å². The minimum Gasteiger partial charge on any atom is -0.369 e. The molecule has 0 saturated heterocycles. The van der Waals surface area contributed by atoms with Crippen molar-refractivity contribution < 1.29 is 28.8 Å². The summed E-state index contributed by atoms with van der Waals surface area (Å²) in [5.41, 5.74) is 10.7. The minimum atomic E-state index is -0.400. The molecule has 0 aliphatic rings. The van der Waals surface area contributed by atoms with Crippen molar-refractivity contribution in [1.29, 1.82) is 0 Å². The molecule has 242 valence electrons. The smallest absolute Gasteiger partial charge is 0.234 e. The van der Waals surface area contributed by atoms with Crippen molar-refractivity contribution >= 4 is 35.3 Å². The summed E-state index contributed by atoms with van der Waals surface area (Å²) >= 11 is 0. The summed E-state index contributed by atoms with van der Waals surface area (Å²) in [6, 6.07) is -0.383. The number of nitrogens with two attached hydrogens (primary N) is 2. The van der Waals surface area contributed by atoms with E-state index in [4.69, 9.17) is 11.5 Å². The van der Waals surface area contributed by atoms with Gasteiger partial charge in [0.2, 0.25) is 29.5 Å². The molecule has 5 amide bonds. The molecule has 0 aromatic rings. The molecule has 12 heteroatoms. The Balaban J connectivity index is 4.58. The Morgan fingerprint density at radius 1 is 0.667 bits per heavy atom. The number of hydrogen-bond acceptors (Lipinski definition) is 7. The Labute approximate surface area is 252 Å². The predicted molar refractivity (Wildman–Crippen MR) is 163 cm³/mol. The summed E-state index contributed by atoms with van der Waals surface area (Å²) in [6.07, 6.45) is 7.34. The molecule has 0 spiro atoms. The number of nitrogens with zero attached hydrogens (tertiary/aromatic N) is 2. The van der Waals surface area contributed by atoms with E-state index in [1.54, 1.807) is 30.7 Å². The summed E-state index contributed by atoms with van der Waals surface area (Å²) in [4.78, 5) is 75.7. The van der Waals surface area contributed by atoms with Gasteiger partial charge in [-0.25, -0.2) is 0 Å². The summed E-state index contributed by atoms with van der Waals surface area (Å²) < 4.78 is 0. The van der Waals surface area contributed by atoms with Gasteiger partial charge >= 0.3 is 0 Å². The van der Waals surface area contributed by atoms with Gasteiger partial charge in [0.25, 0.3) is 0 Å². The van der Waals surface area contributed by atoms with Gasteiger partial charge in [0.1, 0.15) is 5.78 Å². The quantitative estimate of drug-likeness (QED) is 0.109. The number of carbonyl (C=O) groups excluding carboxylic acids is 6. The van der Waals surface area contributed by atoms with Gasteiger partial charge in [-0.05, 0) is 45.6 Å². The zero-order valence-electron chi connectivity index (χ0n) is 26.4. The van der Waals surface area contributed by atoms with Gasteiger partial charge in [-0.15, -0.1) is 0 Å². The number of nitrogens with one attached hydrogen (secondary N) is 2. The topological polar surface area (TPSA) is 185 Å². The van der Waals surface area contributed by atoms with Gasteiger partial charge in [0.05, 0.1) is 6.04 Å². The molecule has 42 heavy (non-hydrogen) atoms. The second kappa shape index (κ2) is 23.5. The lowest BCUT2D eigenvalue weighted by molar-refractivity contribution is -0.136. The van der Waals surface area contributed by atoms with Crippen LogP contribution >= 0.6 is 0 Å². The van der Waals surface area contributed by atoms with Crippen molar-refractivity contribution in [2.24, 2.45) is 17.4 Å². The largest absolute Gasteiger partial charge is 0.369 e. The van der Waals surface area contributed by atoms with E-state index < -0.39 is 5.91 Å². The van der Waals surface area contributed by atoms with Crippen LogP contribution in [0.15, 0.2) is 0 Å². The van der Waals surface area contributed by atoms with Crippen LogP contribution in [0.1, 0.15) is 104 Å². The summed E-state index contributed by atoms with van der Waals surface area (Å²) in [7, 11) is 1.68. The van der Waals surface area contributed by atoms with Crippen molar-refractivity contribution in [3.8, 4) is 0 Å². The van der Waals surface area contributed by atoms with E-state index in [0.29, 0.717) is 45.3 Å². The van der Waals surface area contributed by atoms with Crippen LogP contribution in [0.2, 0.25) is 0 Å². The predicted octanol–water partition coefficient (Wildman–Crippen LogP) is 1.63. The number of Topliss-reactive ketones (excluding diaryl/α,β-unsaturated/α-hetero) is 1. The Morgan fingerprint density at radius 2 is 1.24 bits per heavy atom. The molecule has 0 rings (SSSR count). The van der Waals surface area contributed by atoms with Crippen LogP contribution in [0.4, 0.5) is 0 Å². The molecule has 0 aromatic heterocycles. The Morgan fingerprint density at radius 3 is 1.74 bits per heavy atom. The van der Waals surface area contributed by atoms with Gasteiger partial charge in [0.15, 0.2) is 0 Å². The molecule has 0 aromatic carbocycles. The van der Waals surface area contributed by atoms with Crippen LogP contribution in [-0.2, 0) is 28.8 Å². The maximum Gasteiger partial charge on any atom is 0.234 e. The van der Waals surface area contributed by atoms with Gasteiger partial charge in [-0.2, -0.15) is 0 Å². The third-order valence-corrected chi connectivity index (χ3v) is 7.56. The Hall–Kier alpha value is -3.02. The molecule has 0 heterocycles. The van der Waals surface area contributed by atoms with Crippen LogP contribution < -0.4 is 22.1 Å². The first-order valence-corrected chi connectivity index (χ1v) is 15.6. The van der Waals surface area contributed by atoms with Gasteiger partial charge in [-0.1, -0.05) is 33.6 Å². The lowest BCUT2D eigenvalue weighted by atomic mass is 9.97. The fourth-order valence-corrected chi connectivity index (χ4v) is 4.69. The number of hydrogen-bond donors (Lipinski definition) is 4. The van der Waals surface area contributed by atoms with Crippen molar-refractivity contribution in [2.75, 3.05) is 39.8 Å². The zero-order chi connectivity index (χ0) is 31.9. The maximum absolute atomic E-state index is 12.5. The highest BCUT2D eigenvalue weighted by atomic mass is 16.2. The normalized spacial score (nSPS) is 12.3. The van der Waals surface area contributed by atoms with Gasteiger partial charge in [0, 0.05) is 70.7 Å². The molecule has 12 nitrogen and oxygen atoms in total. The summed E-state index contributed by atoms with van der Waals surface area (Å²) in [5.74, 6) is -1.06. The first-order valence-electron chi connectivity index (χ1n) is 15.6. The zero-order valence-corrected chi connectivity index (χ0v) is 26.4. The van der Waals surface area contributed by atoms with E-state index in [2.05, 4.69) is 10.6 Å².